The minimum absolute atomic E-state index is 0.147. The van der Waals surface area contributed by atoms with Gasteiger partial charge in [0, 0.05) is 33.9 Å². The second-order valence-electron chi connectivity index (χ2n) is 6.22. The quantitative estimate of drug-likeness (QED) is 0.275. The van der Waals surface area contributed by atoms with E-state index in [2.05, 4.69) is 53.1 Å². The van der Waals surface area contributed by atoms with E-state index in [1.165, 1.54) is 6.08 Å². The maximum absolute atomic E-state index is 12.2. The monoisotopic (exact) mass is 598 g/mol. The molecule has 0 heterocycles. The number of nitrogens with one attached hydrogen (secondary N) is 4. The van der Waals surface area contributed by atoms with Crippen molar-refractivity contribution in [3.63, 3.8) is 0 Å². The van der Waals surface area contributed by atoms with Crippen LogP contribution < -0.4 is 26.0 Å². The summed E-state index contributed by atoms with van der Waals surface area (Å²) < 4.78 is 6.96. The molecule has 0 aliphatic heterocycles. The van der Waals surface area contributed by atoms with E-state index in [0.717, 1.165) is 14.5 Å². The van der Waals surface area contributed by atoms with E-state index in [9.17, 15) is 9.59 Å². The fourth-order valence-corrected chi connectivity index (χ4v) is 4.29. The highest BCUT2D eigenvalue weighted by Crippen LogP contribution is 2.33. The molecule has 7 nitrogen and oxygen atoms in total. The van der Waals surface area contributed by atoms with E-state index in [-0.39, 0.29) is 16.1 Å². The van der Waals surface area contributed by atoms with E-state index in [1.54, 1.807) is 44.4 Å². The number of carbonyl (C=O) groups excluding carboxylic acids is 2. The fourth-order valence-electron chi connectivity index (χ4n) is 2.42. The van der Waals surface area contributed by atoms with Crippen molar-refractivity contribution in [3.05, 3.63) is 57.0 Å². The number of hydrogen-bond acceptors (Lipinski definition) is 5. The zero-order valence-electron chi connectivity index (χ0n) is 17.1. The van der Waals surface area contributed by atoms with Crippen molar-refractivity contribution in [1.82, 2.24) is 10.6 Å². The minimum Gasteiger partial charge on any atom is -0.495 e. The van der Waals surface area contributed by atoms with Crippen LogP contribution in [0.5, 0.6) is 5.75 Å². The lowest BCUT2D eigenvalue weighted by molar-refractivity contribution is -0.119. The first kappa shape index (κ1) is 25.9. The lowest BCUT2D eigenvalue weighted by Gasteiger charge is -2.11. The first-order chi connectivity index (χ1) is 15.2. The molecular formula is C21H20Br2N4O3S2. The predicted octanol–water partition coefficient (Wildman–Crippen LogP) is 4.97. The molecule has 4 N–H and O–H groups in total. The summed E-state index contributed by atoms with van der Waals surface area (Å²) in [5, 5.41) is 11.4. The third-order valence-electron chi connectivity index (χ3n) is 3.87. The van der Waals surface area contributed by atoms with Crippen LogP contribution in [0.4, 0.5) is 11.4 Å². The molecule has 0 fully saturated rings. The number of hydrogen-bond donors (Lipinski definition) is 4. The summed E-state index contributed by atoms with van der Waals surface area (Å²) in [5.41, 5.74) is 2.09. The molecule has 2 aromatic carbocycles. The molecule has 0 unspecified atom stereocenters. The first-order valence-corrected chi connectivity index (χ1v) is 11.7. The minimum atomic E-state index is -0.393. The van der Waals surface area contributed by atoms with E-state index in [1.807, 2.05) is 12.1 Å². The highest BCUT2D eigenvalue weighted by Gasteiger charge is 2.08. The molecule has 0 spiro atoms. The highest BCUT2D eigenvalue weighted by molar-refractivity contribution is 9.11. The summed E-state index contributed by atoms with van der Waals surface area (Å²) in [6, 6.07) is 10.7. The number of amides is 2. The molecule has 0 atom stereocenters. The lowest BCUT2D eigenvalue weighted by atomic mass is 10.2. The van der Waals surface area contributed by atoms with Crippen molar-refractivity contribution < 1.29 is 14.3 Å². The number of thiocarbonyl (C=S) groups is 2. The molecule has 0 aromatic heterocycles. The van der Waals surface area contributed by atoms with Crippen LogP contribution >= 0.6 is 56.3 Å². The van der Waals surface area contributed by atoms with Gasteiger partial charge in [-0.1, -0.05) is 22.9 Å². The van der Waals surface area contributed by atoms with Gasteiger partial charge >= 0.3 is 0 Å². The number of anilines is 2. The van der Waals surface area contributed by atoms with Crippen molar-refractivity contribution in [2.45, 2.75) is 13.3 Å². The SMILES string of the molecule is CCC(=O)NC(=S)Nc1ccc(NC(=S)NC(=O)C=Cc2cc(Br)cc(Br)c2OC)cc1. The smallest absolute Gasteiger partial charge is 0.250 e. The highest BCUT2D eigenvalue weighted by atomic mass is 79.9. The summed E-state index contributed by atoms with van der Waals surface area (Å²) in [6.45, 7) is 1.74. The maximum atomic E-state index is 12.2. The molecule has 0 bridgehead atoms. The summed E-state index contributed by atoms with van der Waals surface area (Å²) in [6.07, 6.45) is 3.34. The molecule has 2 amide bonds. The molecule has 2 aromatic rings. The Morgan fingerprint density at radius 1 is 1.00 bits per heavy atom. The average molecular weight is 600 g/mol. The summed E-state index contributed by atoms with van der Waals surface area (Å²) >= 11 is 17.1. The van der Waals surface area contributed by atoms with Crippen LogP contribution in [-0.4, -0.2) is 29.1 Å². The zero-order valence-corrected chi connectivity index (χ0v) is 21.9. The Morgan fingerprint density at radius 3 is 2.09 bits per heavy atom. The largest absolute Gasteiger partial charge is 0.495 e. The van der Waals surface area contributed by atoms with Crippen LogP contribution in [-0.2, 0) is 9.59 Å². The van der Waals surface area contributed by atoms with Crippen molar-refractivity contribution in [1.29, 1.82) is 0 Å². The molecular weight excluding hydrogens is 580 g/mol. The Bertz CT molecular complexity index is 1060. The third kappa shape index (κ3) is 8.30. The molecule has 168 valence electrons. The maximum Gasteiger partial charge on any atom is 0.250 e. The fraction of sp³-hybridized carbons (Fsp3) is 0.143. The van der Waals surface area contributed by atoms with Crippen LogP contribution in [0.3, 0.4) is 0 Å². The van der Waals surface area contributed by atoms with Crippen LogP contribution in [0.2, 0.25) is 0 Å². The molecule has 11 heteroatoms. The van der Waals surface area contributed by atoms with Crippen molar-refractivity contribution in [2.75, 3.05) is 17.7 Å². The third-order valence-corrected chi connectivity index (χ3v) is 5.32. The number of benzene rings is 2. The van der Waals surface area contributed by atoms with E-state index >= 15 is 0 Å². The Kier molecular flexibility index (Phi) is 10.2. The number of halogens is 2. The second-order valence-corrected chi connectivity index (χ2v) is 8.81. The van der Waals surface area contributed by atoms with Crippen LogP contribution in [0.25, 0.3) is 6.08 Å². The Labute approximate surface area is 213 Å². The molecule has 32 heavy (non-hydrogen) atoms. The number of ether oxygens (including phenoxy) is 1. The number of carbonyl (C=O) groups is 2. The number of methoxy groups -OCH3 is 1. The molecule has 0 radical (unpaired) electrons. The topological polar surface area (TPSA) is 91.5 Å². The molecule has 0 aliphatic rings. The van der Waals surface area contributed by atoms with Gasteiger partial charge in [-0.05, 0) is 82.8 Å². The van der Waals surface area contributed by atoms with Gasteiger partial charge in [0.05, 0.1) is 11.6 Å². The Morgan fingerprint density at radius 2 is 1.56 bits per heavy atom. The van der Waals surface area contributed by atoms with Crippen LogP contribution in [0, 0.1) is 0 Å². The van der Waals surface area contributed by atoms with Crippen molar-refractivity contribution in [3.8, 4) is 5.75 Å². The summed E-state index contributed by atoms with van der Waals surface area (Å²) in [7, 11) is 1.56. The number of rotatable bonds is 6. The van der Waals surface area contributed by atoms with Gasteiger partial charge in [0.1, 0.15) is 5.75 Å². The predicted molar refractivity (Wildman–Crippen MR) is 143 cm³/mol. The van der Waals surface area contributed by atoms with Crippen LogP contribution in [0.1, 0.15) is 18.9 Å². The van der Waals surface area contributed by atoms with Crippen molar-refractivity contribution in [2.24, 2.45) is 0 Å². The van der Waals surface area contributed by atoms with Gasteiger partial charge in [0.25, 0.3) is 0 Å². The van der Waals surface area contributed by atoms with Gasteiger partial charge < -0.3 is 20.7 Å². The normalized spacial score (nSPS) is 10.4. The zero-order chi connectivity index (χ0) is 23.7. The average Bonchev–Trinajstić information content (AvgIpc) is 2.73. The second kappa shape index (κ2) is 12.6. The van der Waals surface area contributed by atoms with Crippen LogP contribution in [0.15, 0.2) is 51.4 Å². The van der Waals surface area contributed by atoms with Gasteiger partial charge in [-0.3, -0.25) is 14.9 Å². The van der Waals surface area contributed by atoms with E-state index in [4.69, 9.17) is 29.2 Å². The Balaban J connectivity index is 1.91. The first-order valence-electron chi connectivity index (χ1n) is 9.25. The summed E-state index contributed by atoms with van der Waals surface area (Å²) in [5.74, 6) is 0.0539. The van der Waals surface area contributed by atoms with Gasteiger partial charge in [0.2, 0.25) is 11.8 Å². The van der Waals surface area contributed by atoms with Crippen molar-refractivity contribution >= 4 is 95.8 Å². The van der Waals surface area contributed by atoms with Gasteiger partial charge in [-0.25, -0.2) is 0 Å². The molecule has 0 saturated heterocycles. The lowest BCUT2D eigenvalue weighted by Crippen LogP contribution is -2.33. The molecule has 0 aliphatic carbocycles. The Hall–Kier alpha value is -2.34. The standard InChI is InChI=1S/C21H20Br2N4O3S2/c1-3-17(28)26-20(31)24-14-5-7-15(8-6-14)25-21(32)27-18(29)9-4-12-10-13(22)11-16(23)19(12)30-2/h4-11H,3H2,1-2H3,(H2,24,26,28,31)(H2,25,27,29,32). The summed E-state index contributed by atoms with van der Waals surface area (Å²) in [4.78, 5) is 23.6. The molecule has 2 rings (SSSR count). The van der Waals surface area contributed by atoms with Gasteiger partial charge in [-0.15, -0.1) is 0 Å². The van der Waals surface area contributed by atoms with Gasteiger partial charge in [0.15, 0.2) is 10.2 Å². The van der Waals surface area contributed by atoms with E-state index in [0.29, 0.717) is 23.5 Å². The molecule has 0 saturated carbocycles. The van der Waals surface area contributed by atoms with Gasteiger partial charge in [-0.2, -0.15) is 0 Å². The van der Waals surface area contributed by atoms with E-state index < -0.39 is 5.91 Å².